The molecule has 0 radical (unpaired) electrons. The SMILES string of the molecule is CC1=NC(=O)C(C)(C)Nc2ccccc21. The Morgan fingerprint density at radius 3 is 2.67 bits per heavy atom. The Balaban J connectivity index is 2.60. The molecular formula is C12H14N2O. The van der Waals surface area contributed by atoms with Crippen LogP contribution in [0.3, 0.4) is 0 Å². The van der Waals surface area contributed by atoms with E-state index in [1.165, 1.54) is 0 Å². The van der Waals surface area contributed by atoms with E-state index < -0.39 is 5.54 Å². The van der Waals surface area contributed by atoms with Gasteiger partial charge in [0.05, 0.1) is 5.71 Å². The lowest BCUT2D eigenvalue weighted by Gasteiger charge is -2.22. The molecule has 0 aliphatic carbocycles. The molecule has 1 aromatic rings. The second-order valence-corrected chi connectivity index (χ2v) is 4.30. The van der Waals surface area contributed by atoms with Crippen LogP contribution in [0.5, 0.6) is 0 Å². The average Bonchev–Trinajstić information content (AvgIpc) is 2.24. The van der Waals surface area contributed by atoms with Gasteiger partial charge < -0.3 is 5.32 Å². The maximum atomic E-state index is 11.8. The molecule has 0 unspecified atom stereocenters. The number of benzene rings is 1. The number of aliphatic imine (C=N–C) groups is 1. The summed E-state index contributed by atoms with van der Waals surface area (Å²) in [5, 5.41) is 3.21. The van der Waals surface area contributed by atoms with E-state index in [1.807, 2.05) is 45.0 Å². The predicted molar refractivity (Wildman–Crippen MR) is 61.4 cm³/mol. The largest absolute Gasteiger partial charge is 0.371 e. The monoisotopic (exact) mass is 202 g/mol. The first kappa shape index (κ1) is 9.90. The van der Waals surface area contributed by atoms with E-state index in [2.05, 4.69) is 10.3 Å². The van der Waals surface area contributed by atoms with E-state index in [1.54, 1.807) is 0 Å². The molecule has 0 fully saturated rings. The van der Waals surface area contributed by atoms with Gasteiger partial charge in [0, 0.05) is 11.3 Å². The number of nitrogens with one attached hydrogen (secondary N) is 1. The molecule has 3 heteroatoms. The van der Waals surface area contributed by atoms with Crippen LogP contribution in [-0.4, -0.2) is 17.2 Å². The molecule has 1 heterocycles. The quantitative estimate of drug-likeness (QED) is 0.701. The molecule has 2 rings (SSSR count). The van der Waals surface area contributed by atoms with Gasteiger partial charge >= 0.3 is 0 Å². The van der Waals surface area contributed by atoms with Gasteiger partial charge in [0.1, 0.15) is 5.54 Å². The molecule has 1 aliphatic heterocycles. The standard InChI is InChI=1S/C12H14N2O/c1-8-9-6-4-5-7-10(9)14-12(2,3)11(15)13-8/h4-7,14H,1-3H3. The minimum Gasteiger partial charge on any atom is -0.371 e. The average molecular weight is 202 g/mol. The van der Waals surface area contributed by atoms with Crippen molar-refractivity contribution < 1.29 is 4.79 Å². The van der Waals surface area contributed by atoms with Crippen molar-refractivity contribution in [1.82, 2.24) is 0 Å². The van der Waals surface area contributed by atoms with Gasteiger partial charge in [-0.15, -0.1) is 0 Å². The number of rotatable bonds is 0. The Labute approximate surface area is 89.2 Å². The fraction of sp³-hybridized carbons (Fsp3) is 0.333. The third kappa shape index (κ3) is 1.65. The Hall–Kier alpha value is -1.64. The van der Waals surface area contributed by atoms with Gasteiger partial charge in [0.2, 0.25) is 0 Å². The molecule has 0 saturated carbocycles. The Morgan fingerprint density at radius 2 is 1.93 bits per heavy atom. The topological polar surface area (TPSA) is 41.5 Å². The number of para-hydroxylation sites is 1. The fourth-order valence-corrected chi connectivity index (χ4v) is 1.65. The fourth-order valence-electron chi connectivity index (χ4n) is 1.65. The highest BCUT2D eigenvalue weighted by molar-refractivity contribution is 6.12. The number of carbonyl (C=O) groups excluding carboxylic acids is 1. The van der Waals surface area contributed by atoms with Gasteiger partial charge in [0.15, 0.2) is 0 Å². The normalized spacial score (nSPS) is 18.6. The molecule has 1 N–H and O–H groups in total. The molecule has 0 bridgehead atoms. The molecule has 0 saturated heterocycles. The number of benzodiazepines with no additional fused rings is 1. The van der Waals surface area contributed by atoms with E-state index >= 15 is 0 Å². The molecule has 1 aromatic carbocycles. The minimum atomic E-state index is -0.631. The third-order valence-corrected chi connectivity index (χ3v) is 2.57. The number of anilines is 1. The van der Waals surface area contributed by atoms with Gasteiger partial charge in [-0.25, -0.2) is 4.99 Å². The number of nitrogens with zero attached hydrogens (tertiary/aromatic N) is 1. The summed E-state index contributed by atoms with van der Waals surface area (Å²) in [5.74, 6) is -0.129. The smallest absolute Gasteiger partial charge is 0.270 e. The van der Waals surface area contributed by atoms with Crippen LogP contribution >= 0.6 is 0 Å². The van der Waals surface area contributed by atoms with Crippen LogP contribution in [0, 0.1) is 0 Å². The van der Waals surface area contributed by atoms with E-state index in [4.69, 9.17) is 0 Å². The summed E-state index contributed by atoms with van der Waals surface area (Å²) >= 11 is 0. The first-order valence-electron chi connectivity index (χ1n) is 4.98. The molecule has 0 atom stereocenters. The zero-order valence-electron chi connectivity index (χ0n) is 9.16. The second kappa shape index (κ2) is 3.19. The molecule has 15 heavy (non-hydrogen) atoms. The summed E-state index contributed by atoms with van der Waals surface area (Å²) in [7, 11) is 0. The van der Waals surface area contributed by atoms with Crippen molar-refractivity contribution >= 4 is 17.3 Å². The van der Waals surface area contributed by atoms with Gasteiger partial charge in [-0.2, -0.15) is 0 Å². The van der Waals surface area contributed by atoms with Crippen LogP contribution in [0.15, 0.2) is 29.3 Å². The van der Waals surface area contributed by atoms with E-state index in [0.717, 1.165) is 17.0 Å². The molecule has 0 spiro atoms. The highest BCUT2D eigenvalue weighted by Crippen LogP contribution is 2.24. The maximum Gasteiger partial charge on any atom is 0.270 e. The number of fused-ring (bicyclic) bond motifs is 1. The lowest BCUT2D eigenvalue weighted by molar-refractivity contribution is -0.121. The van der Waals surface area contributed by atoms with E-state index in [0.29, 0.717) is 0 Å². The third-order valence-electron chi connectivity index (χ3n) is 2.57. The number of hydrogen-bond acceptors (Lipinski definition) is 2. The van der Waals surface area contributed by atoms with Gasteiger partial charge in [-0.05, 0) is 26.8 Å². The Morgan fingerprint density at radius 1 is 1.27 bits per heavy atom. The molecular weight excluding hydrogens is 188 g/mol. The predicted octanol–water partition coefficient (Wildman–Crippen LogP) is 2.23. The van der Waals surface area contributed by atoms with Crippen molar-refractivity contribution in [3.8, 4) is 0 Å². The highest BCUT2D eigenvalue weighted by Gasteiger charge is 2.30. The Kier molecular flexibility index (Phi) is 2.11. The first-order chi connectivity index (χ1) is 7.00. The van der Waals surface area contributed by atoms with Crippen molar-refractivity contribution in [1.29, 1.82) is 0 Å². The highest BCUT2D eigenvalue weighted by atomic mass is 16.2. The van der Waals surface area contributed by atoms with Crippen molar-refractivity contribution in [3.05, 3.63) is 29.8 Å². The first-order valence-corrected chi connectivity index (χ1v) is 4.98. The van der Waals surface area contributed by atoms with E-state index in [-0.39, 0.29) is 5.91 Å². The van der Waals surface area contributed by atoms with Crippen LogP contribution in [-0.2, 0) is 4.79 Å². The molecule has 1 aliphatic rings. The minimum absolute atomic E-state index is 0.129. The summed E-state index contributed by atoms with van der Waals surface area (Å²) in [5.41, 5.74) is 2.10. The van der Waals surface area contributed by atoms with Crippen LogP contribution in [0.25, 0.3) is 0 Å². The van der Waals surface area contributed by atoms with Crippen molar-refractivity contribution in [2.75, 3.05) is 5.32 Å². The number of carbonyl (C=O) groups is 1. The van der Waals surface area contributed by atoms with Gasteiger partial charge in [-0.3, -0.25) is 4.79 Å². The lowest BCUT2D eigenvalue weighted by atomic mass is 10.0. The maximum absolute atomic E-state index is 11.8. The van der Waals surface area contributed by atoms with Crippen molar-refractivity contribution in [3.63, 3.8) is 0 Å². The zero-order chi connectivity index (χ0) is 11.1. The number of amides is 1. The molecule has 78 valence electrons. The molecule has 0 aromatic heterocycles. The van der Waals surface area contributed by atoms with Crippen LogP contribution in [0.4, 0.5) is 5.69 Å². The van der Waals surface area contributed by atoms with Crippen LogP contribution < -0.4 is 5.32 Å². The molecule has 1 amide bonds. The Bertz CT molecular complexity index is 447. The summed E-state index contributed by atoms with van der Waals surface area (Å²) in [6.07, 6.45) is 0. The number of hydrogen-bond donors (Lipinski definition) is 1. The molecule has 3 nitrogen and oxygen atoms in total. The second-order valence-electron chi connectivity index (χ2n) is 4.30. The van der Waals surface area contributed by atoms with Gasteiger partial charge in [0.25, 0.3) is 5.91 Å². The van der Waals surface area contributed by atoms with Crippen molar-refractivity contribution in [2.45, 2.75) is 26.3 Å². The van der Waals surface area contributed by atoms with Gasteiger partial charge in [-0.1, -0.05) is 18.2 Å². The summed E-state index contributed by atoms with van der Waals surface area (Å²) < 4.78 is 0. The van der Waals surface area contributed by atoms with E-state index in [9.17, 15) is 4.79 Å². The summed E-state index contributed by atoms with van der Waals surface area (Å²) in [4.78, 5) is 15.9. The van der Waals surface area contributed by atoms with Crippen molar-refractivity contribution in [2.24, 2.45) is 4.99 Å². The summed E-state index contributed by atoms with van der Waals surface area (Å²) in [6.45, 7) is 5.54. The van der Waals surface area contributed by atoms with Crippen LogP contribution in [0.2, 0.25) is 0 Å². The lowest BCUT2D eigenvalue weighted by Crippen LogP contribution is -2.38. The van der Waals surface area contributed by atoms with Crippen LogP contribution in [0.1, 0.15) is 26.3 Å². The summed E-state index contributed by atoms with van der Waals surface area (Å²) in [6, 6.07) is 7.83. The zero-order valence-corrected chi connectivity index (χ0v) is 9.16.